The van der Waals surface area contributed by atoms with Gasteiger partial charge >= 0.3 is 6.16 Å². The molecular weight excluding hydrogens is 387 g/mol. The van der Waals surface area contributed by atoms with Crippen molar-refractivity contribution in [2.45, 2.75) is 6.92 Å². The quantitative estimate of drug-likeness (QED) is 0.562. The molecule has 3 aromatic rings. The highest BCUT2D eigenvalue weighted by atomic mass is 35.5. The zero-order valence-corrected chi connectivity index (χ0v) is 15.1. The van der Waals surface area contributed by atoms with Gasteiger partial charge in [0.05, 0.1) is 16.4 Å². The molecule has 0 bridgehead atoms. The Morgan fingerprint density at radius 1 is 1.08 bits per heavy atom. The first kappa shape index (κ1) is 17.6. The Balaban J connectivity index is 2.25. The van der Waals surface area contributed by atoms with E-state index in [0.717, 1.165) is 5.56 Å². The molecule has 1 aromatic heterocycles. The van der Waals surface area contributed by atoms with Gasteiger partial charge in [-0.15, -0.1) is 5.10 Å². The van der Waals surface area contributed by atoms with E-state index in [1.54, 1.807) is 49.4 Å². The second-order valence-corrected chi connectivity index (χ2v) is 6.44. The molecule has 0 saturated heterocycles. The van der Waals surface area contributed by atoms with E-state index in [1.165, 1.54) is 4.68 Å². The summed E-state index contributed by atoms with van der Waals surface area (Å²) in [5, 5.41) is 14.6. The van der Waals surface area contributed by atoms with E-state index in [-0.39, 0.29) is 5.88 Å². The molecule has 3 rings (SSSR count). The number of hydrogen-bond acceptors (Lipinski definition) is 3. The zero-order valence-electron chi connectivity index (χ0n) is 12.8. The van der Waals surface area contributed by atoms with Crippen LogP contribution < -0.4 is 4.74 Å². The van der Waals surface area contributed by atoms with Crippen LogP contribution in [-0.2, 0) is 0 Å². The minimum Gasteiger partial charge on any atom is -0.449 e. The summed E-state index contributed by atoms with van der Waals surface area (Å²) in [4.78, 5) is 10.9. The zero-order chi connectivity index (χ0) is 18.1. The van der Waals surface area contributed by atoms with Crippen LogP contribution in [0.5, 0.6) is 5.88 Å². The fourth-order valence-electron chi connectivity index (χ4n) is 2.43. The lowest BCUT2D eigenvalue weighted by Crippen LogP contribution is -2.05. The number of carboxylic acid groups (broad SMARTS) is 1. The molecule has 1 N–H and O–H groups in total. The maximum Gasteiger partial charge on any atom is 0.512 e. The summed E-state index contributed by atoms with van der Waals surface area (Å²) in [7, 11) is 0. The molecule has 0 spiro atoms. The molecule has 0 fully saturated rings. The first-order chi connectivity index (χ1) is 11.9. The average molecular weight is 398 g/mol. The number of hydrogen-bond donors (Lipinski definition) is 1. The topological polar surface area (TPSA) is 64.3 Å². The number of rotatable bonds is 3. The van der Waals surface area contributed by atoms with Crippen molar-refractivity contribution < 1.29 is 14.6 Å². The molecule has 0 aliphatic heterocycles. The van der Waals surface area contributed by atoms with Gasteiger partial charge in [0.25, 0.3) is 0 Å². The van der Waals surface area contributed by atoms with Crippen LogP contribution in [0.1, 0.15) is 5.56 Å². The van der Waals surface area contributed by atoms with Crippen molar-refractivity contribution >= 4 is 41.0 Å². The van der Waals surface area contributed by atoms with Crippen LogP contribution in [0.15, 0.2) is 42.5 Å². The molecule has 0 saturated carbocycles. The summed E-state index contributed by atoms with van der Waals surface area (Å²) in [5.41, 5.74) is 2.51. The Morgan fingerprint density at radius 2 is 1.72 bits per heavy atom. The number of nitrogens with zero attached hydrogens (tertiary/aromatic N) is 2. The van der Waals surface area contributed by atoms with Gasteiger partial charge in [-0.2, -0.15) is 0 Å². The summed E-state index contributed by atoms with van der Waals surface area (Å²) < 4.78 is 6.31. The summed E-state index contributed by atoms with van der Waals surface area (Å²) >= 11 is 18.2. The minimum atomic E-state index is -1.45. The first-order valence-electron chi connectivity index (χ1n) is 7.08. The Bertz CT molecular complexity index is 953. The summed E-state index contributed by atoms with van der Waals surface area (Å²) in [6.07, 6.45) is -1.45. The van der Waals surface area contributed by atoms with Gasteiger partial charge in [0, 0.05) is 21.2 Å². The molecule has 8 heteroatoms. The van der Waals surface area contributed by atoms with Crippen molar-refractivity contribution in [3.8, 4) is 22.8 Å². The number of halogens is 3. The molecule has 25 heavy (non-hydrogen) atoms. The highest BCUT2D eigenvalue weighted by Gasteiger charge is 2.21. The summed E-state index contributed by atoms with van der Waals surface area (Å²) in [5.74, 6) is -0.0246. The standard InChI is InChI=1S/C17H11Cl3N2O3/c1-9-15(10-2-4-11(18)5-3-10)22(21-16(9)25-17(23)24)14-7-6-12(19)8-13(14)20/h2-8H,1H3,(H,23,24). The summed E-state index contributed by atoms with van der Waals surface area (Å²) in [6.45, 7) is 1.72. The second kappa shape index (κ2) is 6.96. The Morgan fingerprint density at radius 3 is 2.32 bits per heavy atom. The first-order valence-corrected chi connectivity index (χ1v) is 8.22. The predicted molar refractivity (Wildman–Crippen MR) is 97.4 cm³/mol. The third-order valence-corrected chi connectivity index (χ3v) is 4.31. The molecule has 2 aromatic carbocycles. The van der Waals surface area contributed by atoms with E-state index in [2.05, 4.69) is 5.10 Å². The molecule has 0 unspecified atom stereocenters. The molecule has 0 atom stereocenters. The van der Waals surface area contributed by atoms with Crippen LogP contribution in [0.3, 0.4) is 0 Å². The van der Waals surface area contributed by atoms with Gasteiger partial charge in [0.15, 0.2) is 0 Å². The lowest BCUT2D eigenvalue weighted by molar-refractivity contribution is 0.142. The van der Waals surface area contributed by atoms with E-state index < -0.39 is 6.16 Å². The molecule has 0 radical (unpaired) electrons. The van der Waals surface area contributed by atoms with Gasteiger partial charge in [0.1, 0.15) is 0 Å². The third kappa shape index (κ3) is 3.58. The van der Waals surface area contributed by atoms with Gasteiger partial charge in [0.2, 0.25) is 5.88 Å². The number of ether oxygens (including phenoxy) is 1. The van der Waals surface area contributed by atoms with Crippen LogP contribution >= 0.6 is 34.8 Å². The van der Waals surface area contributed by atoms with Gasteiger partial charge in [-0.1, -0.05) is 46.9 Å². The molecule has 0 aliphatic rings. The van der Waals surface area contributed by atoms with Gasteiger partial charge in [-0.3, -0.25) is 0 Å². The van der Waals surface area contributed by atoms with E-state index in [9.17, 15) is 4.79 Å². The van der Waals surface area contributed by atoms with E-state index >= 15 is 0 Å². The van der Waals surface area contributed by atoms with Crippen LogP contribution in [-0.4, -0.2) is 21.0 Å². The highest BCUT2D eigenvalue weighted by Crippen LogP contribution is 2.35. The predicted octanol–water partition coefficient (Wildman–Crippen LogP) is 5.86. The largest absolute Gasteiger partial charge is 0.512 e. The molecule has 1 heterocycles. The minimum absolute atomic E-state index is 0.0246. The van der Waals surface area contributed by atoms with E-state index in [4.69, 9.17) is 44.6 Å². The maximum absolute atomic E-state index is 10.9. The van der Waals surface area contributed by atoms with Crippen LogP contribution in [0.25, 0.3) is 16.9 Å². The normalized spacial score (nSPS) is 10.7. The number of benzene rings is 2. The van der Waals surface area contributed by atoms with E-state index in [1.807, 2.05) is 0 Å². The average Bonchev–Trinajstić information content (AvgIpc) is 2.84. The fraction of sp³-hybridized carbons (Fsp3) is 0.0588. The third-order valence-electron chi connectivity index (χ3n) is 3.52. The van der Waals surface area contributed by atoms with Gasteiger partial charge in [-0.05, 0) is 37.3 Å². The SMILES string of the molecule is Cc1c(OC(=O)O)nn(-c2ccc(Cl)cc2Cl)c1-c1ccc(Cl)cc1. The molecule has 0 aliphatic carbocycles. The van der Waals surface area contributed by atoms with Crippen molar-refractivity contribution in [3.05, 3.63) is 63.1 Å². The van der Waals surface area contributed by atoms with Crippen molar-refractivity contribution in [1.82, 2.24) is 9.78 Å². The Hall–Kier alpha value is -2.21. The number of aromatic nitrogens is 2. The highest BCUT2D eigenvalue weighted by molar-refractivity contribution is 6.35. The number of carbonyl (C=O) groups is 1. The van der Waals surface area contributed by atoms with E-state index in [0.29, 0.717) is 32.0 Å². The van der Waals surface area contributed by atoms with Gasteiger partial charge in [-0.25, -0.2) is 9.48 Å². The fourth-order valence-corrected chi connectivity index (χ4v) is 3.04. The van der Waals surface area contributed by atoms with Crippen LogP contribution in [0.2, 0.25) is 15.1 Å². The van der Waals surface area contributed by atoms with Crippen molar-refractivity contribution in [1.29, 1.82) is 0 Å². The van der Waals surface area contributed by atoms with Crippen molar-refractivity contribution in [2.24, 2.45) is 0 Å². The van der Waals surface area contributed by atoms with Crippen LogP contribution in [0.4, 0.5) is 4.79 Å². The van der Waals surface area contributed by atoms with Crippen LogP contribution in [0, 0.1) is 6.92 Å². The lowest BCUT2D eigenvalue weighted by Gasteiger charge is -2.10. The van der Waals surface area contributed by atoms with Gasteiger partial charge < -0.3 is 9.84 Å². The maximum atomic E-state index is 10.9. The summed E-state index contributed by atoms with van der Waals surface area (Å²) in [6, 6.07) is 12.0. The molecule has 0 amide bonds. The molecular formula is C17H11Cl3N2O3. The van der Waals surface area contributed by atoms with Crippen molar-refractivity contribution in [2.75, 3.05) is 0 Å². The second-order valence-electron chi connectivity index (χ2n) is 5.16. The Labute approximate surface area is 158 Å². The Kier molecular flexibility index (Phi) is 4.90. The van der Waals surface area contributed by atoms with Crippen molar-refractivity contribution in [3.63, 3.8) is 0 Å². The molecule has 128 valence electrons. The lowest BCUT2D eigenvalue weighted by atomic mass is 10.1. The monoisotopic (exact) mass is 396 g/mol. The molecule has 5 nitrogen and oxygen atoms in total. The smallest absolute Gasteiger partial charge is 0.449 e.